The van der Waals surface area contributed by atoms with Crippen LogP contribution in [0.25, 0.3) is 22.0 Å². The smallest absolute Gasteiger partial charge is 0.359 e. The predicted octanol–water partition coefficient (Wildman–Crippen LogP) is 1.72. The SMILES string of the molecule is CCOC(=O)c1n[nH]c2c3cc-3cc12. The van der Waals surface area contributed by atoms with Gasteiger partial charge in [0.15, 0.2) is 5.69 Å². The van der Waals surface area contributed by atoms with Gasteiger partial charge in [-0.25, -0.2) is 4.79 Å². The van der Waals surface area contributed by atoms with Crippen LogP contribution in [0.1, 0.15) is 17.4 Å². The number of esters is 1. The van der Waals surface area contributed by atoms with Crippen molar-refractivity contribution < 1.29 is 9.53 Å². The van der Waals surface area contributed by atoms with E-state index in [0.717, 1.165) is 10.9 Å². The molecule has 0 fully saturated rings. The minimum absolute atomic E-state index is 0.358. The van der Waals surface area contributed by atoms with Crippen LogP contribution < -0.4 is 0 Å². The van der Waals surface area contributed by atoms with E-state index in [1.807, 2.05) is 6.07 Å². The Hall–Kier alpha value is -1.84. The first-order chi connectivity index (χ1) is 6.81. The lowest BCUT2D eigenvalue weighted by atomic mass is 10.3. The van der Waals surface area contributed by atoms with Crippen molar-refractivity contribution in [2.24, 2.45) is 0 Å². The summed E-state index contributed by atoms with van der Waals surface area (Å²) in [7, 11) is 0. The summed E-state index contributed by atoms with van der Waals surface area (Å²) in [6, 6.07) is 4.01. The van der Waals surface area contributed by atoms with Crippen LogP contribution in [0.5, 0.6) is 0 Å². The van der Waals surface area contributed by atoms with E-state index in [4.69, 9.17) is 4.74 Å². The number of hydrogen-bond donors (Lipinski definition) is 1. The third-order valence-electron chi connectivity index (χ3n) is 2.37. The number of ether oxygens (including phenoxy) is 1. The Kier molecular flexibility index (Phi) is 1.27. The van der Waals surface area contributed by atoms with Crippen molar-refractivity contribution in [3.05, 3.63) is 17.8 Å². The van der Waals surface area contributed by atoms with E-state index in [1.165, 1.54) is 11.1 Å². The lowest BCUT2D eigenvalue weighted by Gasteiger charge is -1.96. The molecule has 0 unspecified atom stereocenters. The van der Waals surface area contributed by atoms with Crippen LogP contribution in [0.3, 0.4) is 0 Å². The van der Waals surface area contributed by atoms with Crippen LogP contribution in [0, 0.1) is 0 Å². The fourth-order valence-corrected chi connectivity index (χ4v) is 1.66. The number of carbonyl (C=O) groups is 1. The Labute approximate surface area is 79.9 Å². The van der Waals surface area contributed by atoms with Gasteiger partial charge in [0.25, 0.3) is 0 Å². The molecule has 70 valence electrons. The van der Waals surface area contributed by atoms with Gasteiger partial charge in [0.05, 0.1) is 12.1 Å². The van der Waals surface area contributed by atoms with Gasteiger partial charge in [-0.15, -0.1) is 0 Å². The molecule has 2 aliphatic carbocycles. The van der Waals surface area contributed by atoms with Gasteiger partial charge in [0.2, 0.25) is 0 Å². The number of aromatic nitrogens is 2. The van der Waals surface area contributed by atoms with E-state index in [1.54, 1.807) is 6.92 Å². The molecule has 4 nitrogen and oxygen atoms in total. The molecule has 1 aromatic heterocycles. The van der Waals surface area contributed by atoms with Crippen molar-refractivity contribution in [3.63, 3.8) is 0 Å². The second-order valence-corrected chi connectivity index (χ2v) is 3.24. The largest absolute Gasteiger partial charge is 0.461 e. The van der Waals surface area contributed by atoms with E-state index in [0.29, 0.717) is 12.3 Å². The topological polar surface area (TPSA) is 55.0 Å². The molecule has 0 amide bonds. The molecule has 0 aliphatic heterocycles. The van der Waals surface area contributed by atoms with Crippen molar-refractivity contribution in [2.45, 2.75) is 6.92 Å². The third-order valence-corrected chi connectivity index (χ3v) is 2.37. The Bertz CT molecular complexity index is 542. The maximum Gasteiger partial charge on any atom is 0.359 e. The van der Waals surface area contributed by atoms with Crippen LogP contribution in [0.2, 0.25) is 0 Å². The van der Waals surface area contributed by atoms with Crippen molar-refractivity contribution in [2.75, 3.05) is 6.61 Å². The Morgan fingerprint density at radius 3 is 3.21 bits per heavy atom. The number of rotatable bonds is 2. The standard InChI is InChI=1S/C10H8N2O2/c1-2-14-10(13)9-7-4-5-3-6(5)8(7)11-12-9/h3-4H,2H2,1H3,(H,11,12). The summed E-state index contributed by atoms with van der Waals surface area (Å²) in [5.41, 5.74) is 3.70. The fourth-order valence-electron chi connectivity index (χ4n) is 1.66. The maximum absolute atomic E-state index is 11.4. The van der Waals surface area contributed by atoms with E-state index < -0.39 is 0 Å². The fraction of sp³-hybridized carbons (Fsp3) is 0.200. The molecule has 0 spiro atoms. The zero-order chi connectivity index (χ0) is 9.71. The van der Waals surface area contributed by atoms with Gasteiger partial charge in [-0.2, -0.15) is 5.10 Å². The normalized spacial score (nSPS) is 11.8. The molecule has 14 heavy (non-hydrogen) atoms. The first-order valence-corrected chi connectivity index (χ1v) is 4.51. The van der Waals surface area contributed by atoms with Gasteiger partial charge in [-0.3, -0.25) is 5.10 Å². The molecule has 2 aliphatic rings. The van der Waals surface area contributed by atoms with Crippen molar-refractivity contribution in [1.82, 2.24) is 10.2 Å². The van der Waals surface area contributed by atoms with Gasteiger partial charge in [-0.1, -0.05) is 0 Å². The van der Waals surface area contributed by atoms with Crippen molar-refractivity contribution >= 4 is 16.9 Å². The summed E-state index contributed by atoms with van der Waals surface area (Å²) in [4.78, 5) is 11.4. The van der Waals surface area contributed by atoms with Crippen LogP contribution >= 0.6 is 0 Å². The summed E-state index contributed by atoms with van der Waals surface area (Å²) in [5, 5.41) is 7.67. The summed E-state index contributed by atoms with van der Waals surface area (Å²) in [5.74, 6) is -0.358. The summed E-state index contributed by atoms with van der Waals surface area (Å²) < 4.78 is 4.89. The molecular formula is C10H8N2O2. The third kappa shape index (κ3) is 0.824. The number of aromatic amines is 1. The van der Waals surface area contributed by atoms with Gasteiger partial charge in [-0.05, 0) is 24.6 Å². The van der Waals surface area contributed by atoms with E-state index in [-0.39, 0.29) is 5.97 Å². The predicted molar refractivity (Wildman–Crippen MR) is 51.0 cm³/mol. The quantitative estimate of drug-likeness (QED) is 0.623. The second kappa shape index (κ2) is 2.35. The second-order valence-electron chi connectivity index (χ2n) is 3.24. The molecule has 0 saturated carbocycles. The average molecular weight is 188 g/mol. The van der Waals surface area contributed by atoms with Gasteiger partial charge in [0.1, 0.15) is 0 Å². The van der Waals surface area contributed by atoms with E-state index in [9.17, 15) is 4.79 Å². The number of carbonyl (C=O) groups excluding carboxylic acids is 1. The first-order valence-electron chi connectivity index (χ1n) is 4.51. The maximum atomic E-state index is 11.4. The van der Waals surface area contributed by atoms with E-state index >= 15 is 0 Å². The number of fused-ring (bicyclic) bond motifs is 3. The zero-order valence-electron chi connectivity index (χ0n) is 7.63. The molecule has 0 radical (unpaired) electrons. The zero-order valence-corrected chi connectivity index (χ0v) is 7.63. The van der Waals surface area contributed by atoms with Gasteiger partial charge >= 0.3 is 5.97 Å². The van der Waals surface area contributed by atoms with Crippen molar-refractivity contribution in [3.8, 4) is 11.1 Å². The molecule has 0 saturated heterocycles. The Morgan fingerprint density at radius 1 is 1.57 bits per heavy atom. The monoisotopic (exact) mass is 188 g/mol. The molecule has 1 heterocycles. The highest BCUT2D eigenvalue weighted by atomic mass is 16.5. The molecule has 1 N–H and O–H groups in total. The highest BCUT2D eigenvalue weighted by molar-refractivity contribution is 6.13. The molecule has 1 aromatic rings. The average Bonchev–Trinajstić information content (AvgIpc) is 2.67. The summed E-state index contributed by atoms with van der Waals surface area (Å²) >= 11 is 0. The lowest BCUT2D eigenvalue weighted by molar-refractivity contribution is 0.0521. The van der Waals surface area contributed by atoms with Gasteiger partial charge < -0.3 is 4.74 Å². The minimum atomic E-state index is -0.358. The minimum Gasteiger partial charge on any atom is -0.461 e. The number of hydrogen-bond acceptors (Lipinski definition) is 3. The molecule has 0 atom stereocenters. The van der Waals surface area contributed by atoms with E-state index in [2.05, 4.69) is 16.3 Å². The summed E-state index contributed by atoms with van der Waals surface area (Å²) in [6.45, 7) is 2.16. The van der Waals surface area contributed by atoms with Crippen LogP contribution in [-0.2, 0) is 4.74 Å². The van der Waals surface area contributed by atoms with Crippen LogP contribution in [-0.4, -0.2) is 22.8 Å². The Morgan fingerprint density at radius 2 is 2.43 bits per heavy atom. The number of nitrogens with one attached hydrogen (secondary N) is 1. The highest BCUT2D eigenvalue weighted by Gasteiger charge is 2.24. The first kappa shape index (κ1) is 7.55. The molecule has 4 heteroatoms. The highest BCUT2D eigenvalue weighted by Crippen LogP contribution is 2.42. The van der Waals surface area contributed by atoms with Crippen LogP contribution in [0.4, 0.5) is 0 Å². The molecular weight excluding hydrogens is 180 g/mol. The van der Waals surface area contributed by atoms with Crippen LogP contribution in [0.15, 0.2) is 12.1 Å². The van der Waals surface area contributed by atoms with Crippen molar-refractivity contribution in [1.29, 1.82) is 0 Å². The summed E-state index contributed by atoms with van der Waals surface area (Å²) in [6.07, 6.45) is 0. The number of H-pyrrole nitrogens is 1. The van der Waals surface area contributed by atoms with Gasteiger partial charge in [0, 0.05) is 10.9 Å². The molecule has 0 bridgehead atoms. The lowest BCUT2D eigenvalue weighted by Crippen LogP contribution is -2.05. The molecule has 0 aromatic carbocycles. The number of nitrogens with zero attached hydrogens (tertiary/aromatic N) is 1. The molecule has 3 rings (SSSR count). The Balaban J connectivity index is 2.11. The number of benzene rings is 1.